The number of sulfonamides is 1. The van der Waals surface area contributed by atoms with Gasteiger partial charge in [-0.25, -0.2) is 18.4 Å². The molecule has 1 aliphatic heterocycles. The number of urea groups is 1. The van der Waals surface area contributed by atoms with Gasteiger partial charge in [-0.05, 0) is 42.2 Å². The summed E-state index contributed by atoms with van der Waals surface area (Å²) >= 11 is 0. The van der Waals surface area contributed by atoms with E-state index in [1.165, 1.54) is 17.7 Å². The maximum Gasteiger partial charge on any atom is 0.318 e. The molecule has 0 unspecified atom stereocenters. The first-order valence-corrected chi connectivity index (χ1v) is 9.64. The first kappa shape index (κ1) is 17.4. The largest absolute Gasteiger partial charge is 0.331 e. The van der Waals surface area contributed by atoms with Crippen molar-refractivity contribution in [2.24, 2.45) is 5.14 Å². The molecule has 2 aromatic carbocycles. The number of nitrogens with two attached hydrogens (primary N) is 1. The average molecular weight is 359 g/mol. The lowest BCUT2D eigenvalue weighted by Gasteiger charge is -2.30. The van der Waals surface area contributed by atoms with Gasteiger partial charge in [0.25, 0.3) is 0 Å². The Morgan fingerprint density at radius 3 is 2.60 bits per heavy atom. The van der Waals surface area contributed by atoms with Gasteiger partial charge in [-0.3, -0.25) is 0 Å². The number of hydrogen-bond donors (Lipinski definition) is 2. The van der Waals surface area contributed by atoms with Gasteiger partial charge in [0, 0.05) is 13.1 Å². The topological polar surface area (TPSA) is 92.5 Å². The van der Waals surface area contributed by atoms with Gasteiger partial charge in [0.05, 0.1) is 10.9 Å². The van der Waals surface area contributed by atoms with Crippen molar-refractivity contribution in [2.75, 3.05) is 6.54 Å². The molecule has 0 aliphatic carbocycles. The predicted molar refractivity (Wildman–Crippen MR) is 95.3 cm³/mol. The molecule has 6 nitrogen and oxygen atoms in total. The van der Waals surface area contributed by atoms with Crippen LogP contribution in [-0.2, 0) is 23.0 Å². The fourth-order valence-electron chi connectivity index (χ4n) is 2.99. The number of hydrogen-bond acceptors (Lipinski definition) is 3. The van der Waals surface area contributed by atoms with E-state index in [2.05, 4.69) is 11.4 Å². The van der Waals surface area contributed by atoms with Crippen LogP contribution < -0.4 is 10.5 Å². The third-order valence-electron chi connectivity index (χ3n) is 4.44. The molecule has 1 aliphatic rings. The summed E-state index contributed by atoms with van der Waals surface area (Å²) in [4.78, 5) is 14.4. The van der Waals surface area contributed by atoms with Crippen LogP contribution in [0.1, 0.15) is 29.7 Å². The Labute approximate surface area is 147 Å². The highest BCUT2D eigenvalue weighted by Crippen LogP contribution is 2.20. The number of rotatable bonds is 3. The van der Waals surface area contributed by atoms with Crippen molar-refractivity contribution in [3.8, 4) is 0 Å². The van der Waals surface area contributed by atoms with Gasteiger partial charge in [-0.15, -0.1) is 0 Å². The highest BCUT2D eigenvalue weighted by atomic mass is 32.2. The second kappa shape index (κ2) is 6.85. The molecule has 1 atom stereocenters. The first-order valence-electron chi connectivity index (χ1n) is 8.09. The van der Waals surface area contributed by atoms with Gasteiger partial charge in [-0.1, -0.05) is 36.4 Å². The number of benzene rings is 2. The standard InChI is InChI=1S/C18H21N3O3S/c1-13(15-7-4-8-17(11-15)25(19,23)24)20-18(22)21-10-9-14-5-2-3-6-16(14)12-21/h2-8,11,13H,9-10,12H2,1H3,(H,20,22)(H2,19,23,24)/t13-/m0/s1. The lowest BCUT2D eigenvalue weighted by Crippen LogP contribution is -2.43. The lowest BCUT2D eigenvalue weighted by molar-refractivity contribution is 0.189. The van der Waals surface area contributed by atoms with Crippen LogP contribution in [-0.4, -0.2) is 25.9 Å². The number of carbonyl (C=O) groups excluding carboxylic acids is 1. The number of nitrogens with zero attached hydrogens (tertiary/aromatic N) is 1. The van der Waals surface area contributed by atoms with Crippen LogP contribution in [0.25, 0.3) is 0 Å². The van der Waals surface area contributed by atoms with Crippen molar-refractivity contribution in [1.29, 1.82) is 0 Å². The predicted octanol–water partition coefficient (Wildman–Crippen LogP) is 2.16. The second-order valence-electron chi connectivity index (χ2n) is 6.23. The van der Waals surface area contributed by atoms with Gasteiger partial charge in [0.15, 0.2) is 0 Å². The SMILES string of the molecule is C[C@H](NC(=O)N1CCc2ccccc2C1)c1cccc(S(N)(=O)=O)c1. The number of fused-ring (bicyclic) bond motifs is 1. The minimum atomic E-state index is -3.76. The summed E-state index contributed by atoms with van der Waals surface area (Å²) in [7, 11) is -3.76. The van der Waals surface area contributed by atoms with Crippen LogP contribution in [0, 0.1) is 0 Å². The number of nitrogens with one attached hydrogen (secondary N) is 1. The summed E-state index contributed by atoms with van der Waals surface area (Å²) in [6.07, 6.45) is 0.832. The molecule has 0 bridgehead atoms. The molecule has 132 valence electrons. The normalized spacial score (nSPS) is 15.4. The molecule has 0 aromatic heterocycles. The third kappa shape index (κ3) is 4.00. The molecule has 2 amide bonds. The Morgan fingerprint density at radius 2 is 1.88 bits per heavy atom. The fourth-order valence-corrected chi connectivity index (χ4v) is 3.56. The summed E-state index contributed by atoms with van der Waals surface area (Å²) < 4.78 is 23.0. The summed E-state index contributed by atoms with van der Waals surface area (Å²) in [5, 5.41) is 8.09. The summed E-state index contributed by atoms with van der Waals surface area (Å²) in [6.45, 7) is 3.05. The zero-order valence-electron chi connectivity index (χ0n) is 14.0. The molecule has 0 saturated heterocycles. The van der Waals surface area contributed by atoms with E-state index in [1.54, 1.807) is 17.0 Å². The van der Waals surface area contributed by atoms with Gasteiger partial charge in [0.2, 0.25) is 10.0 Å². The molecule has 0 fully saturated rings. The number of carbonyl (C=O) groups is 1. The highest BCUT2D eigenvalue weighted by molar-refractivity contribution is 7.89. The third-order valence-corrected chi connectivity index (χ3v) is 5.36. The molecule has 25 heavy (non-hydrogen) atoms. The van der Waals surface area contributed by atoms with E-state index in [0.717, 1.165) is 12.0 Å². The molecular formula is C18H21N3O3S. The molecule has 2 aromatic rings. The minimum Gasteiger partial charge on any atom is -0.331 e. The molecule has 0 saturated carbocycles. The Kier molecular flexibility index (Phi) is 4.78. The molecular weight excluding hydrogens is 338 g/mol. The van der Waals surface area contributed by atoms with E-state index >= 15 is 0 Å². The minimum absolute atomic E-state index is 0.0398. The van der Waals surface area contributed by atoms with Crippen molar-refractivity contribution < 1.29 is 13.2 Å². The van der Waals surface area contributed by atoms with E-state index in [9.17, 15) is 13.2 Å². The van der Waals surface area contributed by atoms with Crippen LogP contribution in [0.3, 0.4) is 0 Å². The van der Waals surface area contributed by atoms with Crippen molar-refractivity contribution in [1.82, 2.24) is 10.2 Å². The van der Waals surface area contributed by atoms with E-state index < -0.39 is 10.0 Å². The van der Waals surface area contributed by atoms with E-state index in [1.807, 2.05) is 25.1 Å². The monoisotopic (exact) mass is 359 g/mol. The first-order chi connectivity index (χ1) is 11.8. The summed E-state index contributed by atoms with van der Waals surface area (Å²) in [6, 6.07) is 13.9. The van der Waals surface area contributed by atoms with E-state index in [-0.39, 0.29) is 17.0 Å². The van der Waals surface area contributed by atoms with Crippen LogP contribution in [0.2, 0.25) is 0 Å². The Balaban J connectivity index is 1.69. The molecule has 3 rings (SSSR count). The lowest BCUT2D eigenvalue weighted by atomic mass is 10.0. The molecule has 1 heterocycles. The maximum atomic E-state index is 12.5. The van der Waals surface area contributed by atoms with Crippen molar-refractivity contribution in [2.45, 2.75) is 30.8 Å². The van der Waals surface area contributed by atoms with Crippen LogP contribution in [0.5, 0.6) is 0 Å². The molecule has 0 spiro atoms. The maximum absolute atomic E-state index is 12.5. The quantitative estimate of drug-likeness (QED) is 0.879. The summed E-state index contributed by atoms with van der Waals surface area (Å²) in [5.74, 6) is 0. The van der Waals surface area contributed by atoms with Gasteiger partial charge in [-0.2, -0.15) is 0 Å². The van der Waals surface area contributed by atoms with Crippen LogP contribution >= 0.6 is 0 Å². The van der Waals surface area contributed by atoms with Gasteiger partial charge in [0.1, 0.15) is 0 Å². The van der Waals surface area contributed by atoms with Crippen molar-refractivity contribution >= 4 is 16.1 Å². The zero-order chi connectivity index (χ0) is 18.0. The van der Waals surface area contributed by atoms with Gasteiger partial charge < -0.3 is 10.2 Å². The summed E-state index contributed by atoms with van der Waals surface area (Å²) in [5.41, 5.74) is 3.13. The Morgan fingerprint density at radius 1 is 1.16 bits per heavy atom. The van der Waals surface area contributed by atoms with Gasteiger partial charge >= 0.3 is 6.03 Å². The Hall–Kier alpha value is -2.38. The van der Waals surface area contributed by atoms with E-state index in [4.69, 9.17) is 5.14 Å². The van der Waals surface area contributed by atoms with E-state index in [0.29, 0.717) is 18.7 Å². The Bertz CT molecular complexity index is 896. The smallest absolute Gasteiger partial charge is 0.318 e. The van der Waals surface area contributed by atoms with Crippen LogP contribution in [0.15, 0.2) is 53.4 Å². The molecule has 0 radical (unpaired) electrons. The van der Waals surface area contributed by atoms with Crippen LogP contribution in [0.4, 0.5) is 4.79 Å². The zero-order valence-corrected chi connectivity index (χ0v) is 14.8. The fraction of sp³-hybridized carbons (Fsp3) is 0.278. The number of primary sulfonamides is 1. The molecule has 7 heteroatoms. The highest BCUT2D eigenvalue weighted by Gasteiger charge is 2.22. The number of amides is 2. The van der Waals surface area contributed by atoms with Crippen molar-refractivity contribution in [3.05, 3.63) is 65.2 Å². The van der Waals surface area contributed by atoms with Crippen molar-refractivity contribution in [3.63, 3.8) is 0 Å². The molecule has 3 N–H and O–H groups in total. The average Bonchev–Trinajstić information content (AvgIpc) is 2.60. The second-order valence-corrected chi connectivity index (χ2v) is 7.79.